The Morgan fingerprint density at radius 2 is 2.38 bits per heavy atom. The Morgan fingerprint density at radius 3 is 3.00 bits per heavy atom. The van der Waals surface area contributed by atoms with Crippen LogP contribution < -0.4 is 10.0 Å². The molecule has 0 amide bonds. The second-order valence-corrected chi connectivity index (χ2v) is 4.43. The number of hydrogen-bond acceptors (Lipinski definition) is 4. The van der Waals surface area contributed by atoms with Crippen molar-refractivity contribution in [2.45, 2.75) is 10.7 Å². The van der Waals surface area contributed by atoms with E-state index in [1.54, 1.807) is 0 Å². The standard InChI is InChI=1S/C3H4N2S3/c6-3-4-1-2(7-1)5-8-3/h1-2,5H,(H,4,6). The zero-order valence-corrected chi connectivity index (χ0v) is 6.33. The molecule has 0 aromatic rings. The molecular weight excluding hydrogens is 160 g/mol. The largest absolute Gasteiger partial charge is 0.356 e. The Hall–Kier alpha value is 0.550. The number of thioether (sulfide) groups is 1. The van der Waals surface area contributed by atoms with Crippen molar-refractivity contribution in [1.82, 2.24) is 10.0 Å². The maximum atomic E-state index is 4.89. The number of thiocarbonyl (C=S) groups is 1. The number of nitrogens with one attached hydrogen (secondary N) is 2. The van der Waals surface area contributed by atoms with Crippen LogP contribution in [0.2, 0.25) is 0 Å². The zero-order valence-electron chi connectivity index (χ0n) is 3.88. The van der Waals surface area contributed by atoms with E-state index in [-0.39, 0.29) is 0 Å². The predicted molar refractivity (Wildman–Crippen MR) is 41.6 cm³/mol. The molecule has 5 heteroatoms. The van der Waals surface area contributed by atoms with Crippen molar-refractivity contribution in [3.05, 3.63) is 0 Å². The zero-order chi connectivity index (χ0) is 5.56. The van der Waals surface area contributed by atoms with Crippen LogP contribution in [0.15, 0.2) is 0 Å². The Labute approximate surface area is 61.3 Å². The third-order valence-electron chi connectivity index (χ3n) is 1.02. The molecule has 2 unspecified atom stereocenters. The molecule has 0 aromatic heterocycles. The molecule has 44 valence electrons. The Kier molecular flexibility index (Phi) is 1.18. The lowest BCUT2D eigenvalue weighted by atomic mass is 10.7. The first kappa shape index (κ1) is 5.34. The van der Waals surface area contributed by atoms with E-state index in [0.717, 1.165) is 4.32 Å². The molecule has 2 aliphatic heterocycles. The summed E-state index contributed by atoms with van der Waals surface area (Å²) in [5.41, 5.74) is 0. The Morgan fingerprint density at radius 1 is 1.50 bits per heavy atom. The number of fused-ring (bicyclic) bond motifs is 1. The topological polar surface area (TPSA) is 24.1 Å². The van der Waals surface area contributed by atoms with Crippen molar-refractivity contribution in [1.29, 1.82) is 0 Å². The molecular formula is C3H4N2S3. The SMILES string of the molecule is S=C1NC2SC2NS1. The molecule has 2 heterocycles. The molecule has 0 aromatic carbocycles. The summed E-state index contributed by atoms with van der Waals surface area (Å²) in [6.07, 6.45) is 0. The lowest BCUT2D eigenvalue weighted by molar-refractivity contribution is 0.826. The molecule has 2 rings (SSSR count). The fourth-order valence-corrected chi connectivity index (χ4v) is 2.53. The van der Waals surface area contributed by atoms with Crippen molar-refractivity contribution in [2.24, 2.45) is 0 Å². The first-order valence-electron chi connectivity index (χ1n) is 2.24. The van der Waals surface area contributed by atoms with Crippen molar-refractivity contribution < 1.29 is 0 Å². The predicted octanol–water partition coefficient (Wildman–Crippen LogP) is 0.511. The quantitative estimate of drug-likeness (QED) is 0.309. The molecule has 8 heavy (non-hydrogen) atoms. The molecule has 0 radical (unpaired) electrons. The van der Waals surface area contributed by atoms with Gasteiger partial charge >= 0.3 is 0 Å². The van der Waals surface area contributed by atoms with E-state index in [1.165, 1.54) is 11.9 Å². The van der Waals surface area contributed by atoms with Gasteiger partial charge in [-0.3, -0.25) is 0 Å². The highest BCUT2D eigenvalue weighted by atomic mass is 32.2. The van der Waals surface area contributed by atoms with Gasteiger partial charge in [-0.2, -0.15) is 0 Å². The number of rotatable bonds is 0. The molecule has 0 spiro atoms. The molecule has 2 N–H and O–H groups in total. The summed E-state index contributed by atoms with van der Waals surface area (Å²) >= 11 is 8.28. The second-order valence-electron chi connectivity index (χ2n) is 1.63. The average Bonchev–Trinajstić information content (AvgIpc) is 2.43. The van der Waals surface area contributed by atoms with Gasteiger partial charge in [0.15, 0.2) is 0 Å². The first-order valence-corrected chi connectivity index (χ1v) is 4.41. The highest BCUT2D eigenvalue weighted by molar-refractivity contribution is 8.23. The van der Waals surface area contributed by atoms with Gasteiger partial charge in [0.05, 0.1) is 5.37 Å². The van der Waals surface area contributed by atoms with Crippen molar-refractivity contribution >= 4 is 40.2 Å². The molecule has 2 fully saturated rings. The van der Waals surface area contributed by atoms with Crippen LogP contribution in [0.5, 0.6) is 0 Å². The third-order valence-corrected chi connectivity index (χ3v) is 3.26. The molecule has 0 aliphatic carbocycles. The van der Waals surface area contributed by atoms with Crippen LogP contribution in [-0.4, -0.2) is 15.1 Å². The van der Waals surface area contributed by atoms with E-state index in [0.29, 0.717) is 10.7 Å². The van der Waals surface area contributed by atoms with E-state index in [2.05, 4.69) is 10.0 Å². The average molecular weight is 164 g/mol. The smallest absolute Gasteiger partial charge is 0.149 e. The van der Waals surface area contributed by atoms with Gasteiger partial charge in [0.2, 0.25) is 0 Å². The summed E-state index contributed by atoms with van der Waals surface area (Å²) in [5.74, 6) is 0. The van der Waals surface area contributed by atoms with E-state index in [4.69, 9.17) is 12.2 Å². The van der Waals surface area contributed by atoms with Gasteiger partial charge in [0.1, 0.15) is 9.69 Å². The molecule has 0 saturated carbocycles. The van der Waals surface area contributed by atoms with Crippen LogP contribution in [0, 0.1) is 0 Å². The van der Waals surface area contributed by atoms with Crippen molar-refractivity contribution in [3.8, 4) is 0 Å². The molecule has 0 bridgehead atoms. The monoisotopic (exact) mass is 164 g/mol. The summed E-state index contributed by atoms with van der Waals surface area (Å²) < 4.78 is 4.05. The third kappa shape index (κ3) is 0.834. The van der Waals surface area contributed by atoms with Gasteiger partial charge in [-0.15, -0.1) is 11.8 Å². The summed E-state index contributed by atoms with van der Waals surface area (Å²) in [6.45, 7) is 0. The normalized spacial score (nSPS) is 42.8. The second kappa shape index (κ2) is 1.76. The summed E-state index contributed by atoms with van der Waals surface area (Å²) in [6, 6.07) is 0. The molecule has 2 aliphatic rings. The fraction of sp³-hybridized carbons (Fsp3) is 0.667. The summed E-state index contributed by atoms with van der Waals surface area (Å²) in [4.78, 5) is 0. The Bertz CT molecular complexity index is 136. The molecule has 2 saturated heterocycles. The van der Waals surface area contributed by atoms with Crippen LogP contribution in [0.4, 0.5) is 0 Å². The van der Waals surface area contributed by atoms with Crippen LogP contribution in [0.3, 0.4) is 0 Å². The van der Waals surface area contributed by atoms with Crippen LogP contribution in [0.1, 0.15) is 0 Å². The minimum absolute atomic E-state index is 0.573. The van der Waals surface area contributed by atoms with Gasteiger partial charge < -0.3 is 5.32 Å². The van der Waals surface area contributed by atoms with Crippen LogP contribution >= 0.6 is 35.9 Å². The summed E-state index contributed by atoms with van der Waals surface area (Å²) in [5, 5.41) is 4.34. The molecule has 2 atom stereocenters. The first-order chi connectivity index (χ1) is 3.86. The van der Waals surface area contributed by atoms with Crippen LogP contribution in [-0.2, 0) is 0 Å². The lowest BCUT2D eigenvalue weighted by Crippen LogP contribution is -2.34. The highest BCUT2D eigenvalue weighted by Crippen LogP contribution is 2.40. The van der Waals surface area contributed by atoms with E-state index < -0.39 is 0 Å². The maximum absolute atomic E-state index is 4.89. The van der Waals surface area contributed by atoms with Gasteiger partial charge in [-0.05, 0) is 11.9 Å². The van der Waals surface area contributed by atoms with E-state index in [9.17, 15) is 0 Å². The van der Waals surface area contributed by atoms with Gasteiger partial charge in [0, 0.05) is 0 Å². The lowest BCUT2D eigenvalue weighted by Gasteiger charge is -2.10. The molecule has 2 nitrogen and oxygen atoms in total. The van der Waals surface area contributed by atoms with E-state index in [1.807, 2.05) is 11.8 Å². The van der Waals surface area contributed by atoms with Gasteiger partial charge in [0.25, 0.3) is 0 Å². The fourth-order valence-electron chi connectivity index (χ4n) is 0.569. The van der Waals surface area contributed by atoms with E-state index >= 15 is 0 Å². The van der Waals surface area contributed by atoms with Crippen molar-refractivity contribution in [3.63, 3.8) is 0 Å². The Balaban J connectivity index is 2.02. The van der Waals surface area contributed by atoms with Crippen molar-refractivity contribution in [2.75, 3.05) is 0 Å². The van der Waals surface area contributed by atoms with Crippen LogP contribution in [0.25, 0.3) is 0 Å². The summed E-state index contributed by atoms with van der Waals surface area (Å²) in [7, 11) is 0. The van der Waals surface area contributed by atoms with Gasteiger partial charge in [-0.1, -0.05) is 12.2 Å². The highest BCUT2D eigenvalue weighted by Gasteiger charge is 2.42. The minimum Gasteiger partial charge on any atom is -0.356 e. The number of hydrogen-bond donors (Lipinski definition) is 2. The van der Waals surface area contributed by atoms with Gasteiger partial charge in [-0.25, -0.2) is 4.72 Å². The maximum Gasteiger partial charge on any atom is 0.149 e. The minimum atomic E-state index is 0.573.